The Balaban J connectivity index is 2.01. The van der Waals surface area contributed by atoms with Gasteiger partial charge in [0.25, 0.3) is 0 Å². The molecule has 0 aliphatic heterocycles. The molecule has 14 heavy (non-hydrogen) atoms. The molecule has 0 amide bonds. The molecule has 3 heteroatoms. The molecule has 0 atom stereocenters. The molecule has 1 saturated carbocycles. The molecule has 0 saturated heterocycles. The van der Waals surface area contributed by atoms with Crippen molar-refractivity contribution in [2.75, 3.05) is 5.75 Å². The van der Waals surface area contributed by atoms with Crippen LogP contribution in [0.15, 0.2) is 29.2 Å². The standard InChI is InChI=1S/C11H12O2S/c12-11(13)9-2-1-3-10(6-9)14-7-8-4-5-8/h1-3,6,8H,4-5,7H2,(H,12,13). The molecular weight excluding hydrogens is 196 g/mol. The van der Waals surface area contributed by atoms with Crippen molar-refractivity contribution in [3.63, 3.8) is 0 Å². The Labute approximate surface area is 87.3 Å². The third-order valence-corrected chi connectivity index (χ3v) is 3.49. The van der Waals surface area contributed by atoms with E-state index in [2.05, 4.69) is 0 Å². The summed E-state index contributed by atoms with van der Waals surface area (Å²) in [6.07, 6.45) is 2.68. The molecule has 2 nitrogen and oxygen atoms in total. The molecule has 0 aromatic heterocycles. The van der Waals surface area contributed by atoms with Crippen LogP contribution in [0.1, 0.15) is 23.2 Å². The van der Waals surface area contributed by atoms with Crippen LogP contribution in [0.5, 0.6) is 0 Å². The molecule has 0 bridgehead atoms. The van der Waals surface area contributed by atoms with Gasteiger partial charge in [0.15, 0.2) is 0 Å². The fourth-order valence-corrected chi connectivity index (χ4v) is 2.36. The monoisotopic (exact) mass is 208 g/mol. The Hall–Kier alpha value is -0.960. The number of carboxylic acid groups (broad SMARTS) is 1. The predicted molar refractivity (Wildman–Crippen MR) is 56.8 cm³/mol. The van der Waals surface area contributed by atoms with Crippen molar-refractivity contribution in [3.05, 3.63) is 29.8 Å². The van der Waals surface area contributed by atoms with Gasteiger partial charge >= 0.3 is 5.97 Å². The van der Waals surface area contributed by atoms with Gasteiger partial charge in [0.1, 0.15) is 0 Å². The van der Waals surface area contributed by atoms with Gasteiger partial charge in [-0.3, -0.25) is 0 Å². The lowest BCUT2D eigenvalue weighted by molar-refractivity contribution is 0.0696. The smallest absolute Gasteiger partial charge is 0.335 e. The van der Waals surface area contributed by atoms with Crippen LogP contribution in [-0.4, -0.2) is 16.8 Å². The van der Waals surface area contributed by atoms with Crippen LogP contribution in [-0.2, 0) is 0 Å². The summed E-state index contributed by atoms with van der Waals surface area (Å²) in [5.41, 5.74) is 0.380. The third-order valence-electron chi connectivity index (χ3n) is 2.26. The van der Waals surface area contributed by atoms with Gasteiger partial charge in [-0.2, -0.15) is 0 Å². The van der Waals surface area contributed by atoms with Gasteiger partial charge in [-0.25, -0.2) is 4.79 Å². The summed E-state index contributed by atoms with van der Waals surface area (Å²) >= 11 is 1.76. The molecule has 0 unspecified atom stereocenters. The van der Waals surface area contributed by atoms with E-state index >= 15 is 0 Å². The van der Waals surface area contributed by atoms with Crippen LogP contribution in [0, 0.1) is 5.92 Å². The summed E-state index contributed by atoms with van der Waals surface area (Å²) in [6, 6.07) is 7.15. The maximum atomic E-state index is 10.7. The summed E-state index contributed by atoms with van der Waals surface area (Å²) in [5, 5.41) is 8.79. The second-order valence-electron chi connectivity index (χ2n) is 3.59. The Kier molecular flexibility index (Phi) is 2.77. The molecule has 1 aromatic carbocycles. The lowest BCUT2D eigenvalue weighted by Gasteiger charge is -2.01. The summed E-state index contributed by atoms with van der Waals surface area (Å²) in [7, 11) is 0. The van der Waals surface area contributed by atoms with Crippen molar-refractivity contribution in [2.24, 2.45) is 5.92 Å². The molecule has 0 radical (unpaired) electrons. The SMILES string of the molecule is O=C(O)c1cccc(SCC2CC2)c1. The molecule has 74 valence electrons. The van der Waals surface area contributed by atoms with Crippen molar-refractivity contribution in [1.29, 1.82) is 0 Å². The quantitative estimate of drug-likeness (QED) is 0.773. The first-order valence-electron chi connectivity index (χ1n) is 4.72. The van der Waals surface area contributed by atoms with Gasteiger partial charge in [-0.1, -0.05) is 6.07 Å². The number of hydrogen-bond donors (Lipinski definition) is 1. The average Bonchev–Trinajstić information content (AvgIpc) is 2.99. The Bertz CT molecular complexity index is 345. The van der Waals surface area contributed by atoms with E-state index in [1.165, 1.54) is 12.8 Å². The number of carboxylic acids is 1. The molecular formula is C11H12O2S. The van der Waals surface area contributed by atoms with E-state index in [9.17, 15) is 4.79 Å². The van der Waals surface area contributed by atoms with Crippen LogP contribution in [0.3, 0.4) is 0 Å². The number of rotatable bonds is 4. The summed E-state index contributed by atoms with van der Waals surface area (Å²) < 4.78 is 0. The zero-order valence-corrected chi connectivity index (χ0v) is 8.59. The van der Waals surface area contributed by atoms with Crippen LogP contribution in [0.2, 0.25) is 0 Å². The van der Waals surface area contributed by atoms with Crippen molar-refractivity contribution in [1.82, 2.24) is 0 Å². The van der Waals surface area contributed by atoms with E-state index in [4.69, 9.17) is 5.11 Å². The molecule has 1 N–H and O–H groups in total. The van der Waals surface area contributed by atoms with Gasteiger partial charge in [0, 0.05) is 10.6 Å². The van der Waals surface area contributed by atoms with E-state index in [-0.39, 0.29) is 0 Å². The van der Waals surface area contributed by atoms with Crippen molar-refractivity contribution in [2.45, 2.75) is 17.7 Å². The Morgan fingerprint density at radius 1 is 1.50 bits per heavy atom. The van der Waals surface area contributed by atoms with E-state index in [1.807, 2.05) is 6.07 Å². The van der Waals surface area contributed by atoms with Crippen LogP contribution in [0.25, 0.3) is 0 Å². The van der Waals surface area contributed by atoms with Crippen molar-refractivity contribution in [3.8, 4) is 0 Å². The summed E-state index contributed by atoms with van der Waals surface area (Å²) in [6.45, 7) is 0. The molecule has 1 aliphatic rings. The lowest BCUT2D eigenvalue weighted by Crippen LogP contribution is -1.95. The predicted octanol–water partition coefficient (Wildman–Crippen LogP) is 2.89. The minimum absolute atomic E-state index is 0.380. The normalized spacial score (nSPS) is 15.4. The number of hydrogen-bond acceptors (Lipinski definition) is 2. The van der Waals surface area contributed by atoms with E-state index < -0.39 is 5.97 Å². The number of thioether (sulfide) groups is 1. The minimum Gasteiger partial charge on any atom is -0.478 e. The zero-order chi connectivity index (χ0) is 9.97. The first-order chi connectivity index (χ1) is 6.75. The second kappa shape index (κ2) is 4.05. The van der Waals surface area contributed by atoms with Gasteiger partial charge in [-0.05, 0) is 37.0 Å². The fraction of sp³-hybridized carbons (Fsp3) is 0.364. The van der Waals surface area contributed by atoms with Crippen molar-refractivity contribution < 1.29 is 9.90 Å². The minimum atomic E-state index is -0.848. The van der Waals surface area contributed by atoms with Crippen LogP contribution in [0.4, 0.5) is 0 Å². The molecule has 2 rings (SSSR count). The molecule has 1 aliphatic carbocycles. The van der Waals surface area contributed by atoms with Gasteiger partial charge in [0.05, 0.1) is 5.56 Å². The molecule has 0 spiro atoms. The highest BCUT2D eigenvalue weighted by molar-refractivity contribution is 7.99. The third kappa shape index (κ3) is 2.51. The summed E-state index contributed by atoms with van der Waals surface area (Å²) in [4.78, 5) is 11.8. The Morgan fingerprint density at radius 2 is 2.29 bits per heavy atom. The first kappa shape index (κ1) is 9.59. The van der Waals surface area contributed by atoms with E-state index in [0.717, 1.165) is 16.6 Å². The van der Waals surface area contributed by atoms with Crippen LogP contribution >= 0.6 is 11.8 Å². The van der Waals surface area contributed by atoms with Gasteiger partial charge in [0.2, 0.25) is 0 Å². The molecule has 0 heterocycles. The van der Waals surface area contributed by atoms with Gasteiger partial charge in [-0.15, -0.1) is 11.8 Å². The fourth-order valence-electron chi connectivity index (χ4n) is 1.22. The highest BCUT2D eigenvalue weighted by atomic mass is 32.2. The lowest BCUT2D eigenvalue weighted by atomic mass is 10.2. The number of carbonyl (C=O) groups is 1. The highest BCUT2D eigenvalue weighted by Gasteiger charge is 2.21. The number of aromatic carboxylic acids is 1. The van der Waals surface area contributed by atoms with Crippen molar-refractivity contribution >= 4 is 17.7 Å². The molecule has 1 aromatic rings. The second-order valence-corrected chi connectivity index (χ2v) is 4.68. The zero-order valence-electron chi connectivity index (χ0n) is 7.77. The van der Waals surface area contributed by atoms with Crippen LogP contribution < -0.4 is 0 Å². The highest BCUT2D eigenvalue weighted by Crippen LogP contribution is 2.35. The molecule has 1 fully saturated rings. The maximum absolute atomic E-state index is 10.7. The van der Waals surface area contributed by atoms with E-state index in [1.54, 1.807) is 30.0 Å². The maximum Gasteiger partial charge on any atom is 0.335 e. The number of benzene rings is 1. The van der Waals surface area contributed by atoms with E-state index in [0.29, 0.717) is 5.56 Å². The first-order valence-corrected chi connectivity index (χ1v) is 5.70. The Morgan fingerprint density at radius 3 is 2.93 bits per heavy atom. The average molecular weight is 208 g/mol. The summed E-state index contributed by atoms with van der Waals surface area (Å²) in [5.74, 6) is 1.15. The topological polar surface area (TPSA) is 37.3 Å². The van der Waals surface area contributed by atoms with Gasteiger partial charge < -0.3 is 5.11 Å². The largest absolute Gasteiger partial charge is 0.478 e.